The van der Waals surface area contributed by atoms with E-state index in [0.717, 1.165) is 34.6 Å². The van der Waals surface area contributed by atoms with Gasteiger partial charge in [0.2, 0.25) is 5.13 Å². The highest BCUT2D eigenvalue weighted by Gasteiger charge is 2.19. The molecule has 1 aliphatic rings. The number of aromatic nitrogens is 2. The fraction of sp³-hybridized carbons (Fsp3) is 0.833. The van der Waals surface area contributed by atoms with Crippen molar-refractivity contribution < 1.29 is 4.90 Å². The normalized spacial score (nSPS) is 24.1. The summed E-state index contributed by atoms with van der Waals surface area (Å²) in [7, 11) is 0. The number of hydrogen-bond acceptors (Lipinski definition) is 4. The average Bonchev–Trinajstić information content (AvgIpc) is 2.70. The Balaban J connectivity index is 1.92. The molecule has 4 nitrogen and oxygen atoms in total. The monoisotopic (exact) mass is 287 g/mol. The van der Waals surface area contributed by atoms with Crippen LogP contribution in [0.5, 0.6) is 0 Å². The number of nitrogens with one attached hydrogen (secondary N) is 2. The fourth-order valence-electron chi connectivity index (χ4n) is 2.25. The van der Waals surface area contributed by atoms with E-state index in [-0.39, 0.29) is 0 Å². The molecular weight excluding hydrogens is 264 g/mol. The minimum absolute atomic E-state index is 0.888. The van der Waals surface area contributed by atoms with Gasteiger partial charge in [-0.3, -0.25) is 0 Å². The van der Waals surface area contributed by atoms with Crippen molar-refractivity contribution in [2.45, 2.75) is 39.8 Å². The predicted molar refractivity (Wildman–Crippen MR) is 78.8 cm³/mol. The second kappa shape index (κ2) is 6.63. The van der Waals surface area contributed by atoms with E-state index in [0.29, 0.717) is 0 Å². The first-order valence-corrected chi connectivity index (χ1v) is 8.07. The molecule has 0 amide bonds. The molecule has 0 bridgehead atoms. The highest BCUT2D eigenvalue weighted by Crippen LogP contribution is 2.13. The highest BCUT2D eigenvalue weighted by atomic mass is 32.1. The zero-order valence-electron chi connectivity index (χ0n) is 11.2. The lowest BCUT2D eigenvalue weighted by Crippen LogP contribution is -3.12. The largest absolute Gasteiger partial charge is 0.360 e. The predicted octanol–water partition coefficient (Wildman–Crippen LogP) is 1.77. The minimum atomic E-state index is 0.888. The van der Waals surface area contributed by atoms with Crippen molar-refractivity contribution in [2.24, 2.45) is 5.92 Å². The minimum Gasteiger partial charge on any atom is -0.360 e. The van der Waals surface area contributed by atoms with Crippen LogP contribution in [0.4, 0.5) is 5.13 Å². The van der Waals surface area contributed by atoms with Gasteiger partial charge in [0.1, 0.15) is 0 Å². The molecule has 102 valence electrons. The highest BCUT2D eigenvalue weighted by molar-refractivity contribution is 7.73. The summed E-state index contributed by atoms with van der Waals surface area (Å²) in [6.07, 6.45) is 3.77. The van der Waals surface area contributed by atoms with Crippen LogP contribution in [0.15, 0.2) is 0 Å². The van der Waals surface area contributed by atoms with Crippen LogP contribution < -0.4 is 10.2 Å². The van der Waals surface area contributed by atoms with Crippen LogP contribution in [-0.4, -0.2) is 29.4 Å². The second-order valence-corrected chi connectivity index (χ2v) is 6.81. The SMILES string of the molecule is CCCNc1nn(C[NH+]2CCC(C)CC2)c(=S)s1. The maximum atomic E-state index is 5.38. The standard InChI is InChI=1S/C12H22N4S2/c1-3-6-13-11-14-16(12(17)18-11)9-15-7-4-10(2)5-8-15/h10H,3-9H2,1-2H3,(H,13,14)/p+1. The first-order valence-electron chi connectivity index (χ1n) is 6.84. The molecule has 6 heteroatoms. The van der Waals surface area contributed by atoms with Crippen LogP contribution in [0.25, 0.3) is 0 Å². The molecule has 0 radical (unpaired) electrons. The molecule has 2 rings (SSSR count). The van der Waals surface area contributed by atoms with E-state index in [2.05, 4.69) is 24.3 Å². The molecule has 18 heavy (non-hydrogen) atoms. The molecule has 0 aromatic carbocycles. The van der Waals surface area contributed by atoms with E-state index < -0.39 is 0 Å². The Hall–Kier alpha value is -0.460. The van der Waals surface area contributed by atoms with Crippen LogP contribution in [0, 0.1) is 9.87 Å². The van der Waals surface area contributed by atoms with Gasteiger partial charge in [-0.25, -0.2) is 0 Å². The third-order valence-corrected chi connectivity index (χ3v) is 4.75. The van der Waals surface area contributed by atoms with Gasteiger partial charge in [0, 0.05) is 6.54 Å². The van der Waals surface area contributed by atoms with Crippen LogP contribution in [-0.2, 0) is 6.67 Å². The lowest BCUT2D eigenvalue weighted by Gasteiger charge is -2.26. The van der Waals surface area contributed by atoms with E-state index in [4.69, 9.17) is 12.2 Å². The van der Waals surface area contributed by atoms with E-state index >= 15 is 0 Å². The number of quaternary nitrogens is 1. The summed E-state index contributed by atoms with van der Waals surface area (Å²) in [4.78, 5) is 1.61. The third-order valence-electron chi connectivity index (χ3n) is 3.49. The smallest absolute Gasteiger partial charge is 0.204 e. The van der Waals surface area contributed by atoms with Crippen molar-refractivity contribution in [3.8, 4) is 0 Å². The Morgan fingerprint density at radius 2 is 2.22 bits per heavy atom. The summed E-state index contributed by atoms with van der Waals surface area (Å²) in [5.41, 5.74) is 0. The van der Waals surface area contributed by atoms with Crippen molar-refractivity contribution in [3.05, 3.63) is 3.95 Å². The van der Waals surface area contributed by atoms with Crippen LogP contribution in [0.2, 0.25) is 0 Å². The number of nitrogens with zero attached hydrogens (tertiary/aromatic N) is 2. The average molecular weight is 287 g/mol. The number of rotatable bonds is 5. The molecule has 0 aliphatic carbocycles. The molecule has 2 heterocycles. The number of hydrogen-bond donors (Lipinski definition) is 2. The molecule has 1 aliphatic heterocycles. The summed E-state index contributed by atoms with van der Waals surface area (Å²) < 4.78 is 2.88. The molecule has 1 saturated heterocycles. The lowest BCUT2D eigenvalue weighted by molar-refractivity contribution is -0.929. The second-order valence-electron chi connectivity index (χ2n) is 5.19. The van der Waals surface area contributed by atoms with Crippen molar-refractivity contribution in [3.63, 3.8) is 0 Å². The number of likely N-dealkylation sites (tertiary alicyclic amines) is 1. The van der Waals surface area contributed by atoms with Crippen molar-refractivity contribution in [1.82, 2.24) is 9.78 Å². The Kier molecular flexibility index (Phi) is 5.14. The van der Waals surface area contributed by atoms with Crippen molar-refractivity contribution >= 4 is 28.7 Å². The van der Waals surface area contributed by atoms with E-state index in [1.54, 1.807) is 16.2 Å². The Morgan fingerprint density at radius 1 is 1.50 bits per heavy atom. The van der Waals surface area contributed by atoms with Crippen LogP contribution in [0.3, 0.4) is 0 Å². The summed E-state index contributed by atoms with van der Waals surface area (Å²) in [6, 6.07) is 0. The summed E-state index contributed by atoms with van der Waals surface area (Å²) in [5.74, 6) is 0.888. The van der Waals surface area contributed by atoms with E-state index in [9.17, 15) is 0 Å². The lowest BCUT2D eigenvalue weighted by atomic mass is 10.00. The maximum Gasteiger partial charge on any atom is 0.204 e. The third kappa shape index (κ3) is 3.76. The summed E-state index contributed by atoms with van der Waals surface area (Å²) in [6.45, 7) is 8.89. The molecule has 1 aromatic heterocycles. The van der Waals surface area contributed by atoms with Gasteiger partial charge in [0.25, 0.3) is 0 Å². The molecule has 2 N–H and O–H groups in total. The fourth-order valence-corrected chi connectivity index (χ4v) is 3.28. The van der Waals surface area contributed by atoms with E-state index in [1.165, 1.54) is 25.9 Å². The summed E-state index contributed by atoms with van der Waals surface area (Å²) in [5, 5.41) is 8.83. The van der Waals surface area contributed by atoms with Gasteiger partial charge in [0.15, 0.2) is 10.6 Å². The van der Waals surface area contributed by atoms with Gasteiger partial charge in [-0.15, -0.1) is 5.10 Å². The zero-order valence-corrected chi connectivity index (χ0v) is 12.9. The Morgan fingerprint density at radius 3 is 2.89 bits per heavy atom. The van der Waals surface area contributed by atoms with Crippen LogP contribution >= 0.6 is 23.6 Å². The molecular formula is C12H23N4S2+. The Bertz CT molecular complexity index is 418. The molecule has 1 fully saturated rings. The molecule has 0 spiro atoms. The first kappa shape index (κ1) is 14.0. The van der Waals surface area contributed by atoms with Gasteiger partial charge in [0.05, 0.1) is 13.1 Å². The zero-order chi connectivity index (χ0) is 13.0. The summed E-state index contributed by atoms with van der Waals surface area (Å²) >= 11 is 6.97. The van der Waals surface area contributed by atoms with Gasteiger partial charge in [-0.2, -0.15) is 4.68 Å². The van der Waals surface area contributed by atoms with E-state index in [1.807, 2.05) is 4.68 Å². The first-order chi connectivity index (χ1) is 8.69. The van der Waals surface area contributed by atoms with Crippen LogP contribution in [0.1, 0.15) is 33.1 Å². The Labute approximate surface area is 118 Å². The quantitative estimate of drug-likeness (QED) is 0.810. The van der Waals surface area contributed by atoms with Gasteiger partial charge in [-0.1, -0.05) is 25.2 Å². The van der Waals surface area contributed by atoms with Gasteiger partial charge in [-0.05, 0) is 37.4 Å². The van der Waals surface area contributed by atoms with Gasteiger partial charge < -0.3 is 10.2 Å². The molecule has 1 aromatic rings. The molecule has 0 atom stereocenters. The molecule has 0 unspecified atom stereocenters. The maximum absolute atomic E-state index is 5.38. The number of anilines is 1. The molecule has 0 saturated carbocycles. The topological polar surface area (TPSA) is 34.3 Å². The van der Waals surface area contributed by atoms with Gasteiger partial charge >= 0.3 is 0 Å². The van der Waals surface area contributed by atoms with Crippen molar-refractivity contribution in [1.29, 1.82) is 0 Å². The number of piperidine rings is 1. The van der Waals surface area contributed by atoms with Crippen molar-refractivity contribution in [2.75, 3.05) is 25.0 Å².